The van der Waals surface area contributed by atoms with Crippen molar-refractivity contribution in [3.63, 3.8) is 0 Å². The van der Waals surface area contributed by atoms with Crippen LogP contribution in [-0.4, -0.2) is 66.4 Å². The van der Waals surface area contributed by atoms with Gasteiger partial charge in [0, 0.05) is 38.0 Å². The quantitative estimate of drug-likeness (QED) is 0.727. The highest BCUT2D eigenvalue weighted by atomic mass is 16.5. The number of allylic oxidation sites excluding steroid dienone is 4. The molecule has 4 unspecified atom stereocenters. The first kappa shape index (κ1) is 20.0. The van der Waals surface area contributed by atoms with E-state index in [1.165, 1.54) is 12.8 Å². The smallest absolute Gasteiger partial charge is 0.232 e. The molecular weight excluding hydrogens is 400 g/mol. The fourth-order valence-corrected chi connectivity index (χ4v) is 5.75. The molecule has 4 heterocycles. The van der Waals surface area contributed by atoms with Gasteiger partial charge in [-0.05, 0) is 25.7 Å². The second-order valence-electron chi connectivity index (χ2n) is 9.35. The Bertz CT molecular complexity index is 886. The van der Waals surface area contributed by atoms with E-state index in [0.29, 0.717) is 23.9 Å². The summed E-state index contributed by atoms with van der Waals surface area (Å²) in [6, 6.07) is 0.654. The average Bonchev–Trinajstić information content (AvgIpc) is 2.88. The molecule has 0 saturated carbocycles. The van der Waals surface area contributed by atoms with Gasteiger partial charge in [-0.3, -0.25) is 0 Å². The highest BCUT2D eigenvalue weighted by Crippen LogP contribution is 2.35. The van der Waals surface area contributed by atoms with Crippen molar-refractivity contribution in [2.45, 2.75) is 37.8 Å². The number of rotatable bonds is 3. The summed E-state index contributed by atoms with van der Waals surface area (Å²) in [5.74, 6) is 3.51. The summed E-state index contributed by atoms with van der Waals surface area (Å²) in [4.78, 5) is 22.2. The van der Waals surface area contributed by atoms with Crippen molar-refractivity contribution in [2.75, 3.05) is 54.1 Å². The lowest BCUT2D eigenvalue weighted by Gasteiger charge is -2.42. The highest BCUT2D eigenvalue weighted by Gasteiger charge is 2.35. The molecule has 1 aromatic heterocycles. The third kappa shape index (κ3) is 3.72. The van der Waals surface area contributed by atoms with Crippen LogP contribution in [0.5, 0.6) is 0 Å². The number of aromatic nitrogens is 3. The van der Waals surface area contributed by atoms with Crippen molar-refractivity contribution in [3.05, 3.63) is 48.6 Å². The van der Waals surface area contributed by atoms with E-state index < -0.39 is 0 Å². The van der Waals surface area contributed by atoms with Gasteiger partial charge in [0.1, 0.15) is 0 Å². The van der Waals surface area contributed by atoms with E-state index in [4.69, 9.17) is 19.7 Å². The topological polar surface area (TPSA) is 57.6 Å². The molecule has 2 aliphatic carbocycles. The van der Waals surface area contributed by atoms with Crippen LogP contribution in [0.25, 0.3) is 0 Å². The average molecular weight is 433 g/mol. The van der Waals surface area contributed by atoms with E-state index in [1.807, 2.05) is 0 Å². The van der Waals surface area contributed by atoms with E-state index in [9.17, 15) is 0 Å². The van der Waals surface area contributed by atoms with Gasteiger partial charge in [0.15, 0.2) is 0 Å². The minimum absolute atomic E-state index is 0.327. The summed E-state index contributed by atoms with van der Waals surface area (Å²) < 4.78 is 5.59. The Kier molecular flexibility index (Phi) is 5.43. The van der Waals surface area contributed by atoms with Crippen molar-refractivity contribution in [2.24, 2.45) is 11.8 Å². The van der Waals surface area contributed by atoms with Gasteiger partial charge in [0.25, 0.3) is 0 Å². The third-order valence-corrected chi connectivity index (χ3v) is 7.43. The van der Waals surface area contributed by atoms with Crippen molar-refractivity contribution >= 4 is 17.8 Å². The molecule has 0 bridgehead atoms. The molecule has 3 saturated heterocycles. The largest absolute Gasteiger partial charge is 0.378 e. The molecule has 1 aromatic rings. The standard InChI is InChI=1S/C25H32N6O/c1-3-11-21-19(7-1)9-5-13-30(21)24-26-23(29-15-17-32-18-16-29)27-25(28-24)31-14-6-10-20-8-2-4-12-22(20)31/h1-4,7-8,11-12,19-22H,5-6,9-10,13-18H2. The van der Waals surface area contributed by atoms with Crippen molar-refractivity contribution in [1.29, 1.82) is 0 Å². The summed E-state index contributed by atoms with van der Waals surface area (Å²) >= 11 is 0. The van der Waals surface area contributed by atoms with Gasteiger partial charge < -0.3 is 19.4 Å². The Morgan fingerprint density at radius 1 is 0.625 bits per heavy atom. The molecule has 0 aromatic carbocycles. The van der Waals surface area contributed by atoms with Crippen LogP contribution in [0.1, 0.15) is 25.7 Å². The van der Waals surface area contributed by atoms with Crippen LogP contribution in [0.2, 0.25) is 0 Å². The maximum Gasteiger partial charge on any atom is 0.232 e. The molecule has 7 nitrogen and oxygen atoms in total. The Hall–Kier alpha value is -2.67. The zero-order valence-electron chi connectivity index (χ0n) is 18.6. The molecule has 0 N–H and O–H groups in total. The lowest BCUT2D eigenvalue weighted by molar-refractivity contribution is 0.122. The first-order valence-corrected chi connectivity index (χ1v) is 12.2. The van der Waals surface area contributed by atoms with Gasteiger partial charge >= 0.3 is 0 Å². The first-order valence-electron chi connectivity index (χ1n) is 12.2. The molecular formula is C25H32N6O. The number of piperidine rings is 2. The van der Waals surface area contributed by atoms with Crippen LogP contribution in [-0.2, 0) is 4.74 Å². The van der Waals surface area contributed by atoms with Crippen LogP contribution in [0, 0.1) is 11.8 Å². The molecule has 168 valence electrons. The zero-order valence-corrected chi connectivity index (χ0v) is 18.6. The van der Waals surface area contributed by atoms with Crippen LogP contribution < -0.4 is 14.7 Å². The van der Waals surface area contributed by atoms with Crippen LogP contribution >= 0.6 is 0 Å². The molecule has 6 rings (SSSR count). The summed E-state index contributed by atoms with van der Waals surface area (Å²) in [6.45, 7) is 5.07. The third-order valence-electron chi connectivity index (χ3n) is 7.43. The molecule has 0 spiro atoms. The Balaban J connectivity index is 1.39. The number of hydrogen-bond donors (Lipinski definition) is 0. The van der Waals surface area contributed by atoms with Crippen molar-refractivity contribution in [3.8, 4) is 0 Å². The van der Waals surface area contributed by atoms with E-state index >= 15 is 0 Å². The predicted molar refractivity (Wildman–Crippen MR) is 127 cm³/mol. The Labute approximate surface area is 190 Å². The Morgan fingerprint density at radius 3 is 1.69 bits per heavy atom. The van der Waals surface area contributed by atoms with E-state index in [-0.39, 0.29) is 0 Å². The normalized spacial score (nSPS) is 31.6. The molecule has 3 fully saturated rings. The molecule has 32 heavy (non-hydrogen) atoms. The van der Waals surface area contributed by atoms with Crippen molar-refractivity contribution in [1.82, 2.24) is 15.0 Å². The molecule has 3 aliphatic heterocycles. The van der Waals surface area contributed by atoms with E-state index in [0.717, 1.165) is 70.1 Å². The number of fused-ring (bicyclic) bond motifs is 2. The number of nitrogens with zero attached hydrogens (tertiary/aromatic N) is 6. The summed E-state index contributed by atoms with van der Waals surface area (Å²) in [5.41, 5.74) is 0. The predicted octanol–water partition coefficient (Wildman–Crippen LogP) is 3.13. The summed E-state index contributed by atoms with van der Waals surface area (Å²) in [7, 11) is 0. The van der Waals surface area contributed by atoms with Gasteiger partial charge in [-0.25, -0.2) is 0 Å². The second kappa shape index (κ2) is 8.70. The molecule has 4 atom stereocenters. The fourth-order valence-electron chi connectivity index (χ4n) is 5.75. The van der Waals surface area contributed by atoms with Gasteiger partial charge in [0.05, 0.1) is 25.3 Å². The molecule has 5 aliphatic rings. The maximum absolute atomic E-state index is 5.59. The van der Waals surface area contributed by atoms with Gasteiger partial charge in [-0.1, -0.05) is 48.6 Å². The lowest BCUT2D eigenvalue weighted by Crippen LogP contribution is -2.47. The maximum atomic E-state index is 5.59. The second-order valence-corrected chi connectivity index (χ2v) is 9.35. The van der Waals surface area contributed by atoms with Crippen LogP contribution in [0.4, 0.5) is 17.8 Å². The minimum atomic E-state index is 0.327. The van der Waals surface area contributed by atoms with Crippen molar-refractivity contribution < 1.29 is 4.74 Å². The Morgan fingerprint density at radius 2 is 1.12 bits per heavy atom. The van der Waals surface area contributed by atoms with E-state index in [1.54, 1.807) is 0 Å². The van der Waals surface area contributed by atoms with Gasteiger partial charge in [-0.2, -0.15) is 15.0 Å². The number of hydrogen-bond acceptors (Lipinski definition) is 7. The SMILES string of the molecule is C1=CC2CCCN(c3nc(N4CCOCC4)nc(N4CCCC5C=CC=CC54)n3)C2C=C1. The lowest BCUT2D eigenvalue weighted by atomic mass is 9.86. The molecule has 7 heteroatoms. The molecule has 0 radical (unpaired) electrons. The summed E-state index contributed by atoms with van der Waals surface area (Å²) in [6.07, 6.45) is 22.8. The van der Waals surface area contributed by atoms with Crippen LogP contribution in [0.3, 0.4) is 0 Å². The highest BCUT2D eigenvalue weighted by molar-refractivity contribution is 5.51. The number of anilines is 3. The van der Waals surface area contributed by atoms with E-state index in [2.05, 4.69) is 63.3 Å². The molecule has 0 amide bonds. The number of ether oxygens (including phenoxy) is 1. The summed E-state index contributed by atoms with van der Waals surface area (Å²) in [5, 5.41) is 0. The first-order chi connectivity index (χ1) is 15.9. The fraction of sp³-hybridized carbons (Fsp3) is 0.560. The van der Waals surface area contributed by atoms with Gasteiger partial charge in [-0.15, -0.1) is 0 Å². The minimum Gasteiger partial charge on any atom is -0.378 e. The van der Waals surface area contributed by atoms with Gasteiger partial charge in [0.2, 0.25) is 17.8 Å². The zero-order chi connectivity index (χ0) is 21.3. The monoisotopic (exact) mass is 432 g/mol. The van der Waals surface area contributed by atoms with Crippen LogP contribution in [0.15, 0.2) is 48.6 Å². The number of morpholine rings is 1.